The molecule has 4 nitrogen and oxygen atoms in total. The van der Waals surface area contributed by atoms with E-state index in [4.69, 9.17) is 4.74 Å². The summed E-state index contributed by atoms with van der Waals surface area (Å²) in [5, 5.41) is 3.36. The van der Waals surface area contributed by atoms with Crippen molar-refractivity contribution < 1.29 is 4.74 Å². The van der Waals surface area contributed by atoms with E-state index in [2.05, 4.69) is 29.1 Å². The molecule has 0 saturated carbocycles. The zero-order valence-electron chi connectivity index (χ0n) is 12.3. The van der Waals surface area contributed by atoms with E-state index in [1.54, 1.807) is 6.20 Å². The number of hydrogen-bond acceptors (Lipinski definition) is 4. The zero-order chi connectivity index (χ0) is 14.4. The van der Waals surface area contributed by atoms with Crippen LogP contribution in [0.1, 0.15) is 30.9 Å². The molecular weight excluding hydrogens is 250 g/mol. The summed E-state index contributed by atoms with van der Waals surface area (Å²) in [6.07, 6.45) is 1.74. The molecule has 0 aliphatic rings. The van der Waals surface area contributed by atoms with E-state index in [1.165, 1.54) is 0 Å². The van der Waals surface area contributed by atoms with Gasteiger partial charge in [0.25, 0.3) is 0 Å². The van der Waals surface area contributed by atoms with Crippen LogP contribution in [0, 0.1) is 6.92 Å². The lowest BCUT2D eigenvalue weighted by atomic mass is 10.3. The van der Waals surface area contributed by atoms with Crippen molar-refractivity contribution in [1.82, 2.24) is 15.3 Å². The maximum absolute atomic E-state index is 5.68. The first-order valence-corrected chi connectivity index (χ1v) is 6.87. The summed E-state index contributed by atoms with van der Waals surface area (Å²) in [5.74, 6) is 0.767. The number of aromatic nitrogens is 2. The number of nitrogens with one attached hydrogen (secondary N) is 1. The Bertz CT molecular complexity index is 538. The van der Waals surface area contributed by atoms with Gasteiger partial charge in [-0.15, -0.1) is 0 Å². The molecule has 0 fully saturated rings. The quantitative estimate of drug-likeness (QED) is 0.877. The highest BCUT2D eigenvalue weighted by Gasteiger charge is 2.01. The number of pyridine rings is 2. The van der Waals surface area contributed by atoms with Gasteiger partial charge in [-0.25, -0.2) is 0 Å². The molecule has 2 rings (SSSR count). The van der Waals surface area contributed by atoms with Crippen molar-refractivity contribution in [2.75, 3.05) is 0 Å². The van der Waals surface area contributed by atoms with E-state index in [-0.39, 0.29) is 0 Å². The largest absolute Gasteiger partial charge is 0.486 e. The third kappa shape index (κ3) is 4.63. The summed E-state index contributed by atoms with van der Waals surface area (Å²) in [5.41, 5.74) is 2.94. The Labute approximate surface area is 120 Å². The monoisotopic (exact) mass is 271 g/mol. The van der Waals surface area contributed by atoms with Crippen molar-refractivity contribution in [1.29, 1.82) is 0 Å². The molecule has 0 aromatic carbocycles. The average molecular weight is 271 g/mol. The van der Waals surface area contributed by atoms with Gasteiger partial charge in [-0.3, -0.25) is 9.97 Å². The van der Waals surface area contributed by atoms with E-state index in [9.17, 15) is 0 Å². The summed E-state index contributed by atoms with van der Waals surface area (Å²) in [7, 11) is 0. The normalized spacial score (nSPS) is 10.8. The molecule has 4 heteroatoms. The molecular formula is C16H21N3O. The fourth-order valence-corrected chi connectivity index (χ4v) is 1.71. The van der Waals surface area contributed by atoms with Crippen molar-refractivity contribution in [2.45, 2.75) is 40.0 Å². The highest BCUT2D eigenvalue weighted by Crippen LogP contribution is 2.11. The molecule has 106 valence electrons. The first kappa shape index (κ1) is 14.5. The first-order valence-electron chi connectivity index (χ1n) is 6.87. The Hall–Kier alpha value is -1.94. The van der Waals surface area contributed by atoms with E-state index in [0.717, 1.165) is 29.4 Å². The van der Waals surface area contributed by atoms with Crippen molar-refractivity contribution in [2.24, 2.45) is 0 Å². The minimum Gasteiger partial charge on any atom is -0.486 e. The Morgan fingerprint density at radius 3 is 2.65 bits per heavy atom. The molecule has 2 heterocycles. The van der Waals surface area contributed by atoms with Gasteiger partial charge in [0.2, 0.25) is 0 Å². The lowest BCUT2D eigenvalue weighted by molar-refractivity contribution is 0.299. The molecule has 0 aliphatic carbocycles. The smallest absolute Gasteiger partial charge is 0.138 e. The topological polar surface area (TPSA) is 47.0 Å². The second-order valence-electron chi connectivity index (χ2n) is 5.08. The Morgan fingerprint density at radius 2 is 1.95 bits per heavy atom. The third-order valence-corrected chi connectivity index (χ3v) is 2.83. The van der Waals surface area contributed by atoms with Crippen molar-refractivity contribution in [3.63, 3.8) is 0 Å². The van der Waals surface area contributed by atoms with E-state index < -0.39 is 0 Å². The minimum atomic E-state index is 0.454. The highest BCUT2D eigenvalue weighted by molar-refractivity contribution is 5.20. The van der Waals surface area contributed by atoms with Gasteiger partial charge in [0.1, 0.15) is 12.4 Å². The van der Waals surface area contributed by atoms with Crippen LogP contribution in [0.3, 0.4) is 0 Å². The lowest BCUT2D eigenvalue weighted by Crippen LogP contribution is -2.22. The average Bonchev–Trinajstić information content (AvgIpc) is 2.45. The van der Waals surface area contributed by atoms with Crippen LogP contribution in [0.4, 0.5) is 0 Å². The van der Waals surface area contributed by atoms with Gasteiger partial charge in [-0.2, -0.15) is 0 Å². The van der Waals surface area contributed by atoms with Crippen LogP contribution in [0.2, 0.25) is 0 Å². The van der Waals surface area contributed by atoms with E-state index >= 15 is 0 Å². The van der Waals surface area contributed by atoms with Crippen LogP contribution >= 0.6 is 0 Å². The van der Waals surface area contributed by atoms with Crippen LogP contribution in [0.5, 0.6) is 5.75 Å². The van der Waals surface area contributed by atoms with Crippen LogP contribution in [-0.2, 0) is 13.2 Å². The summed E-state index contributed by atoms with van der Waals surface area (Å²) >= 11 is 0. The molecule has 0 spiro atoms. The first-order chi connectivity index (χ1) is 9.63. The van der Waals surface area contributed by atoms with Gasteiger partial charge in [-0.1, -0.05) is 19.9 Å². The number of nitrogens with zero attached hydrogens (tertiary/aromatic N) is 2. The Kier molecular flexibility index (Phi) is 5.07. The van der Waals surface area contributed by atoms with E-state index in [0.29, 0.717) is 12.6 Å². The fraction of sp³-hybridized carbons (Fsp3) is 0.375. The molecule has 1 N–H and O–H groups in total. The van der Waals surface area contributed by atoms with Gasteiger partial charge in [-0.05, 0) is 31.2 Å². The highest BCUT2D eigenvalue weighted by atomic mass is 16.5. The molecule has 20 heavy (non-hydrogen) atoms. The third-order valence-electron chi connectivity index (χ3n) is 2.83. The van der Waals surface area contributed by atoms with Gasteiger partial charge in [0, 0.05) is 18.3 Å². The lowest BCUT2D eigenvalue weighted by Gasteiger charge is -2.09. The maximum atomic E-state index is 5.68. The summed E-state index contributed by atoms with van der Waals surface area (Å²) in [6.45, 7) is 7.43. The Morgan fingerprint density at radius 1 is 1.15 bits per heavy atom. The second-order valence-corrected chi connectivity index (χ2v) is 5.08. The second kappa shape index (κ2) is 7.01. The summed E-state index contributed by atoms with van der Waals surface area (Å²) in [6, 6.07) is 10.3. The minimum absolute atomic E-state index is 0.454. The molecule has 0 amide bonds. The van der Waals surface area contributed by atoms with Gasteiger partial charge in [0.05, 0.1) is 17.6 Å². The van der Waals surface area contributed by atoms with E-state index in [1.807, 2.05) is 37.3 Å². The van der Waals surface area contributed by atoms with Gasteiger partial charge in [0.15, 0.2) is 0 Å². The molecule has 2 aromatic heterocycles. The van der Waals surface area contributed by atoms with Gasteiger partial charge < -0.3 is 10.1 Å². The van der Waals surface area contributed by atoms with Crippen molar-refractivity contribution in [3.05, 3.63) is 53.6 Å². The molecule has 0 atom stereocenters. The molecule has 0 aliphatic heterocycles. The SMILES string of the molecule is Cc1ccc(OCc2cccc(CNC(C)C)n2)cn1. The summed E-state index contributed by atoms with van der Waals surface area (Å²) < 4.78 is 5.68. The van der Waals surface area contributed by atoms with Crippen LogP contribution in [-0.4, -0.2) is 16.0 Å². The predicted octanol–water partition coefficient (Wildman–Crippen LogP) is 2.86. The zero-order valence-corrected chi connectivity index (χ0v) is 12.3. The molecule has 2 aromatic rings. The van der Waals surface area contributed by atoms with Crippen molar-refractivity contribution in [3.8, 4) is 5.75 Å². The maximum Gasteiger partial charge on any atom is 0.138 e. The van der Waals surface area contributed by atoms with Gasteiger partial charge >= 0.3 is 0 Å². The van der Waals surface area contributed by atoms with Crippen molar-refractivity contribution >= 4 is 0 Å². The molecule has 0 saturated heterocycles. The number of rotatable bonds is 6. The molecule has 0 unspecified atom stereocenters. The number of ether oxygens (including phenoxy) is 1. The standard InChI is InChI=1S/C16H21N3O/c1-12(2)17-9-14-5-4-6-15(19-14)11-20-16-8-7-13(3)18-10-16/h4-8,10,12,17H,9,11H2,1-3H3. The van der Waals surface area contributed by atoms with Crippen LogP contribution < -0.4 is 10.1 Å². The van der Waals surface area contributed by atoms with Crippen LogP contribution in [0.15, 0.2) is 36.5 Å². The Balaban J connectivity index is 1.92. The van der Waals surface area contributed by atoms with Crippen LogP contribution in [0.25, 0.3) is 0 Å². The summed E-state index contributed by atoms with van der Waals surface area (Å²) in [4.78, 5) is 8.77. The number of aryl methyl sites for hydroxylation is 1. The predicted molar refractivity (Wildman–Crippen MR) is 79.5 cm³/mol. The number of hydrogen-bond donors (Lipinski definition) is 1. The fourth-order valence-electron chi connectivity index (χ4n) is 1.71. The molecule has 0 bridgehead atoms. The molecule has 0 radical (unpaired) electrons.